The molecule has 2 atom stereocenters. The van der Waals surface area contributed by atoms with Crippen LogP contribution in [0.1, 0.15) is 25.8 Å². The van der Waals surface area contributed by atoms with E-state index in [4.69, 9.17) is 0 Å². The Kier molecular flexibility index (Phi) is 6.47. The average Bonchev–Trinajstić information content (AvgIpc) is 2.56. The molecule has 5 heteroatoms. The molecular formula is C18H22N2O2S. The van der Waals surface area contributed by atoms with Crippen LogP contribution in [0.2, 0.25) is 0 Å². The second-order valence-corrected chi connectivity index (χ2v) is 6.92. The van der Waals surface area contributed by atoms with E-state index in [9.17, 15) is 10.0 Å². The van der Waals surface area contributed by atoms with Crippen LogP contribution in [0.5, 0.6) is 0 Å². The number of hydrogen-bond donors (Lipinski definition) is 1. The third-order valence-corrected chi connectivity index (χ3v) is 4.68. The molecule has 1 amide bonds. The highest BCUT2D eigenvalue weighted by Gasteiger charge is 2.19. The molecule has 122 valence electrons. The third-order valence-electron chi connectivity index (χ3n) is 3.55. The van der Waals surface area contributed by atoms with Crippen LogP contribution in [0.3, 0.4) is 0 Å². The van der Waals surface area contributed by atoms with Gasteiger partial charge in [-0.15, -0.1) is 0 Å². The minimum absolute atomic E-state index is 0.0422. The summed E-state index contributed by atoms with van der Waals surface area (Å²) in [5.74, 6) is -0.0422. The van der Waals surface area contributed by atoms with Gasteiger partial charge in [-0.1, -0.05) is 30.3 Å². The zero-order chi connectivity index (χ0) is 16.7. The molecule has 0 saturated carbocycles. The van der Waals surface area contributed by atoms with E-state index in [2.05, 4.69) is 17.4 Å². The van der Waals surface area contributed by atoms with Gasteiger partial charge in [0.25, 0.3) is 5.03 Å². The van der Waals surface area contributed by atoms with Crippen LogP contribution in [0.4, 0.5) is 0 Å². The van der Waals surface area contributed by atoms with Gasteiger partial charge in [0.2, 0.25) is 5.91 Å². The number of carbonyl (C=O) groups is 1. The number of hydrogen-bond acceptors (Lipinski definition) is 3. The number of nitrogens with zero attached hydrogens (tertiary/aromatic N) is 1. The summed E-state index contributed by atoms with van der Waals surface area (Å²) in [6.45, 7) is 3.82. The van der Waals surface area contributed by atoms with Crippen molar-refractivity contribution in [2.24, 2.45) is 0 Å². The first kappa shape index (κ1) is 17.3. The molecule has 0 unspecified atom stereocenters. The first-order chi connectivity index (χ1) is 11.1. The molecule has 1 heterocycles. The van der Waals surface area contributed by atoms with Gasteiger partial charge in [-0.05, 0) is 50.1 Å². The van der Waals surface area contributed by atoms with Crippen molar-refractivity contribution in [3.63, 3.8) is 0 Å². The molecule has 4 nitrogen and oxygen atoms in total. The van der Waals surface area contributed by atoms with E-state index in [0.29, 0.717) is 5.03 Å². The van der Waals surface area contributed by atoms with E-state index in [1.807, 2.05) is 32.0 Å². The van der Waals surface area contributed by atoms with E-state index in [1.54, 1.807) is 18.2 Å². The van der Waals surface area contributed by atoms with E-state index in [1.165, 1.54) is 23.5 Å². The van der Waals surface area contributed by atoms with Crippen LogP contribution in [-0.4, -0.2) is 17.2 Å². The smallest absolute Gasteiger partial charge is 0.252 e. The zero-order valence-corrected chi connectivity index (χ0v) is 14.3. The molecule has 1 N–H and O–H groups in total. The van der Waals surface area contributed by atoms with Crippen LogP contribution in [0.15, 0.2) is 59.8 Å². The van der Waals surface area contributed by atoms with Crippen molar-refractivity contribution < 1.29 is 9.52 Å². The van der Waals surface area contributed by atoms with Crippen LogP contribution >= 0.6 is 11.8 Å². The predicted octanol–water partition coefficient (Wildman–Crippen LogP) is 2.94. The van der Waals surface area contributed by atoms with Crippen molar-refractivity contribution in [2.45, 2.75) is 43.0 Å². The summed E-state index contributed by atoms with van der Waals surface area (Å²) in [6.07, 6.45) is 3.26. The predicted molar refractivity (Wildman–Crippen MR) is 93.1 cm³/mol. The number of nitrogens with one attached hydrogen (secondary N) is 1. The van der Waals surface area contributed by atoms with Gasteiger partial charge in [0.05, 0.1) is 5.25 Å². The molecule has 1 aromatic heterocycles. The molecule has 0 saturated heterocycles. The number of aryl methyl sites for hydroxylation is 1. The summed E-state index contributed by atoms with van der Waals surface area (Å²) in [4.78, 5) is 12.2. The molecular weight excluding hydrogens is 308 g/mol. The Bertz CT molecular complexity index is 634. The van der Waals surface area contributed by atoms with Crippen molar-refractivity contribution in [3.05, 3.63) is 65.5 Å². The maximum absolute atomic E-state index is 12.2. The Labute approximate surface area is 141 Å². The zero-order valence-electron chi connectivity index (χ0n) is 13.4. The molecule has 0 bridgehead atoms. The molecule has 0 radical (unpaired) electrons. The van der Waals surface area contributed by atoms with Gasteiger partial charge in [-0.2, -0.15) is 4.73 Å². The Balaban J connectivity index is 1.80. The molecule has 2 aromatic rings. The summed E-state index contributed by atoms with van der Waals surface area (Å²) in [5.41, 5.74) is 1.27. The lowest BCUT2D eigenvalue weighted by atomic mass is 10.1. The SMILES string of the molecule is C[C@H](Sc1cccc[n+]1[O-])C(=O)N[C@@H](C)CCc1ccccc1. The van der Waals surface area contributed by atoms with Crippen molar-refractivity contribution in [1.82, 2.24) is 5.32 Å². The minimum atomic E-state index is -0.309. The number of rotatable bonds is 7. The van der Waals surface area contributed by atoms with E-state index in [-0.39, 0.29) is 17.2 Å². The number of pyridine rings is 1. The Morgan fingerprint density at radius 2 is 1.87 bits per heavy atom. The van der Waals surface area contributed by atoms with Crippen molar-refractivity contribution >= 4 is 17.7 Å². The summed E-state index contributed by atoms with van der Waals surface area (Å²) in [7, 11) is 0. The lowest BCUT2D eigenvalue weighted by molar-refractivity contribution is -0.645. The van der Waals surface area contributed by atoms with Gasteiger partial charge in [-0.25, -0.2) is 0 Å². The van der Waals surface area contributed by atoms with E-state index in [0.717, 1.165) is 17.6 Å². The third kappa shape index (κ3) is 5.60. The Morgan fingerprint density at radius 1 is 1.17 bits per heavy atom. The summed E-state index contributed by atoms with van der Waals surface area (Å²) < 4.78 is 0.785. The normalized spacial score (nSPS) is 13.3. The molecule has 0 fully saturated rings. The van der Waals surface area contributed by atoms with Crippen molar-refractivity contribution in [2.75, 3.05) is 0 Å². The monoisotopic (exact) mass is 330 g/mol. The highest BCUT2D eigenvalue weighted by atomic mass is 32.2. The number of carbonyl (C=O) groups excluding carboxylic acids is 1. The standard InChI is InChI=1S/C18H22N2O2S/c1-14(11-12-16-8-4-3-5-9-16)19-18(21)15(2)23-17-10-6-7-13-20(17)22/h3-10,13-15H,11-12H2,1-2H3,(H,19,21)/t14-,15-/m0/s1. The molecule has 0 aliphatic rings. The minimum Gasteiger partial charge on any atom is -0.618 e. The maximum Gasteiger partial charge on any atom is 0.252 e. The largest absolute Gasteiger partial charge is 0.618 e. The Morgan fingerprint density at radius 3 is 2.57 bits per heavy atom. The van der Waals surface area contributed by atoms with Crippen LogP contribution in [0.25, 0.3) is 0 Å². The molecule has 23 heavy (non-hydrogen) atoms. The summed E-state index contributed by atoms with van der Waals surface area (Å²) in [6, 6.07) is 15.5. The second-order valence-electron chi connectivity index (χ2n) is 5.56. The van der Waals surface area contributed by atoms with Gasteiger partial charge in [0.15, 0.2) is 6.20 Å². The maximum atomic E-state index is 12.2. The first-order valence-electron chi connectivity index (χ1n) is 7.75. The lowest BCUT2D eigenvalue weighted by Crippen LogP contribution is -2.38. The molecule has 0 spiro atoms. The number of benzene rings is 1. The first-order valence-corrected chi connectivity index (χ1v) is 8.63. The van der Waals surface area contributed by atoms with Crippen LogP contribution < -0.4 is 10.0 Å². The van der Waals surface area contributed by atoms with E-state index >= 15 is 0 Å². The van der Waals surface area contributed by atoms with Gasteiger partial charge < -0.3 is 10.5 Å². The van der Waals surface area contributed by atoms with Crippen LogP contribution in [-0.2, 0) is 11.2 Å². The van der Waals surface area contributed by atoms with Crippen molar-refractivity contribution in [3.8, 4) is 0 Å². The topological polar surface area (TPSA) is 56.0 Å². The lowest BCUT2D eigenvalue weighted by Gasteiger charge is -2.17. The van der Waals surface area contributed by atoms with Gasteiger partial charge in [0.1, 0.15) is 0 Å². The van der Waals surface area contributed by atoms with Crippen molar-refractivity contribution in [1.29, 1.82) is 0 Å². The fourth-order valence-electron chi connectivity index (χ4n) is 2.20. The highest BCUT2D eigenvalue weighted by Crippen LogP contribution is 2.19. The second kappa shape index (κ2) is 8.58. The fraction of sp³-hybridized carbons (Fsp3) is 0.333. The van der Waals surface area contributed by atoms with Gasteiger partial charge in [0, 0.05) is 18.2 Å². The van der Waals surface area contributed by atoms with E-state index < -0.39 is 0 Å². The Hall–Kier alpha value is -2.01. The average molecular weight is 330 g/mol. The van der Waals surface area contributed by atoms with Gasteiger partial charge >= 0.3 is 0 Å². The van der Waals surface area contributed by atoms with Gasteiger partial charge in [-0.3, -0.25) is 4.79 Å². The molecule has 2 rings (SSSR count). The molecule has 0 aliphatic heterocycles. The summed E-state index contributed by atoms with van der Waals surface area (Å²) >= 11 is 1.27. The molecule has 0 aliphatic carbocycles. The number of thioether (sulfide) groups is 1. The fourth-order valence-corrected chi connectivity index (χ4v) is 3.06. The highest BCUT2D eigenvalue weighted by molar-refractivity contribution is 8.00. The van der Waals surface area contributed by atoms with Crippen LogP contribution in [0, 0.1) is 5.21 Å². The summed E-state index contributed by atoms with van der Waals surface area (Å²) in [5, 5.41) is 14.9. The molecule has 1 aromatic carbocycles. The quantitative estimate of drug-likeness (QED) is 0.482. The number of aromatic nitrogens is 1. The number of amides is 1.